The van der Waals surface area contributed by atoms with Gasteiger partial charge < -0.3 is 15.2 Å². The molecule has 2 aliphatic rings. The Morgan fingerprint density at radius 1 is 1.31 bits per heavy atom. The first kappa shape index (κ1) is 21.0. The van der Waals surface area contributed by atoms with Crippen molar-refractivity contribution in [2.45, 2.75) is 65.0 Å². The second-order valence-electron chi connectivity index (χ2n) is 8.62. The van der Waals surface area contributed by atoms with Gasteiger partial charge in [-0.2, -0.15) is 0 Å². The number of piperidine rings is 1. The van der Waals surface area contributed by atoms with Gasteiger partial charge in [-0.25, -0.2) is 0 Å². The lowest BCUT2D eigenvalue weighted by molar-refractivity contribution is 0.104. The number of nitrogens with zero attached hydrogens (tertiary/aromatic N) is 2. The van der Waals surface area contributed by atoms with Crippen molar-refractivity contribution in [1.29, 1.82) is 0 Å². The molecule has 2 aromatic rings. The number of hydrogen-bond donors (Lipinski definition) is 2. The molecule has 0 radical (unpaired) electrons. The van der Waals surface area contributed by atoms with Gasteiger partial charge in [0.15, 0.2) is 5.11 Å². The van der Waals surface area contributed by atoms with E-state index in [-0.39, 0.29) is 0 Å². The van der Waals surface area contributed by atoms with Gasteiger partial charge >= 0.3 is 0 Å². The average molecular weight is 433 g/mol. The molecular formula is C23H33ClN4S. The maximum Gasteiger partial charge on any atom is 0.169 e. The molecule has 1 saturated heterocycles. The lowest BCUT2D eigenvalue weighted by Crippen LogP contribution is -2.57. The van der Waals surface area contributed by atoms with E-state index in [0.29, 0.717) is 18.0 Å². The van der Waals surface area contributed by atoms with Crippen LogP contribution in [-0.2, 0) is 6.42 Å². The van der Waals surface area contributed by atoms with Crippen molar-refractivity contribution in [2.75, 3.05) is 26.2 Å². The number of thiocarbonyl (C=S) groups is 1. The van der Waals surface area contributed by atoms with Gasteiger partial charge in [0, 0.05) is 48.5 Å². The van der Waals surface area contributed by atoms with Crippen LogP contribution in [0.3, 0.4) is 0 Å². The first-order valence-corrected chi connectivity index (χ1v) is 11.8. The second kappa shape index (κ2) is 8.44. The van der Waals surface area contributed by atoms with Crippen LogP contribution in [0.4, 0.5) is 0 Å². The standard InChI is InChI=1S/C23H33ClN4S/c1-5-8-28-13-15(25-23(29)27(6-2)7-3)11-16-17-9-14(4)10-19-21(17)18(12-20(16)28)22(24)26-19/h9-10,15-16,20,26H,5-8,11-13H2,1-4H3,(H,25,29)/t15-,16+,20+/m0/s1. The number of aromatic amines is 1. The molecule has 158 valence electrons. The monoisotopic (exact) mass is 432 g/mol. The van der Waals surface area contributed by atoms with Crippen LogP contribution in [0.15, 0.2) is 12.1 Å². The molecule has 1 aromatic heterocycles. The first-order chi connectivity index (χ1) is 14.0. The minimum absolute atomic E-state index is 0.377. The van der Waals surface area contributed by atoms with Crippen LogP contribution in [0.1, 0.15) is 56.2 Å². The zero-order valence-electron chi connectivity index (χ0n) is 18.0. The van der Waals surface area contributed by atoms with E-state index in [1.807, 2.05) is 0 Å². The minimum atomic E-state index is 0.377. The highest BCUT2D eigenvalue weighted by molar-refractivity contribution is 7.80. The molecule has 0 saturated carbocycles. The lowest BCUT2D eigenvalue weighted by atomic mass is 9.73. The Kier molecular flexibility index (Phi) is 6.10. The van der Waals surface area contributed by atoms with Gasteiger partial charge in [-0.15, -0.1) is 0 Å². The smallest absolute Gasteiger partial charge is 0.169 e. The summed E-state index contributed by atoms with van der Waals surface area (Å²) in [6, 6.07) is 5.51. The number of fused-ring (bicyclic) bond motifs is 2. The highest BCUT2D eigenvalue weighted by Gasteiger charge is 2.41. The third kappa shape index (κ3) is 3.77. The highest BCUT2D eigenvalue weighted by Crippen LogP contribution is 2.46. The Morgan fingerprint density at radius 3 is 2.76 bits per heavy atom. The molecule has 2 heterocycles. The van der Waals surface area contributed by atoms with Gasteiger partial charge in [0.25, 0.3) is 0 Å². The summed E-state index contributed by atoms with van der Waals surface area (Å²) in [5, 5.41) is 6.78. The summed E-state index contributed by atoms with van der Waals surface area (Å²) in [4.78, 5) is 8.35. The molecule has 6 heteroatoms. The van der Waals surface area contributed by atoms with Crippen LogP contribution in [0.25, 0.3) is 10.9 Å². The summed E-state index contributed by atoms with van der Waals surface area (Å²) < 4.78 is 0. The van der Waals surface area contributed by atoms with Crippen molar-refractivity contribution in [3.8, 4) is 0 Å². The van der Waals surface area contributed by atoms with E-state index in [9.17, 15) is 0 Å². The van der Waals surface area contributed by atoms with E-state index in [4.69, 9.17) is 23.8 Å². The zero-order chi connectivity index (χ0) is 20.7. The van der Waals surface area contributed by atoms with E-state index in [1.165, 1.54) is 27.6 Å². The van der Waals surface area contributed by atoms with Crippen LogP contribution >= 0.6 is 23.8 Å². The maximum absolute atomic E-state index is 6.64. The summed E-state index contributed by atoms with van der Waals surface area (Å²) in [6.45, 7) is 12.8. The Morgan fingerprint density at radius 2 is 2.07 bits per heavy atom. The van der Waals surface area contributed by atoms with E-state index >= 15 is 0 Å². The van der Waals surface area contributed by atoms with Crippen LogP contribution in [0, 0.1) is 6.92 Å². The second-order valence-corrected chi connectivity index (χ2v) is 9.39. The predicted molar refractivity (Wildman–Crippen MR) is 127 cm³/mol. The highest BCUT2D eigenvalue weighted by atomic mass is 35.5. The molecule has 1 aromatic carbocycles. The molecule has 29 heavy (non-hydrogen) atoms. The molecular weight excluding hydrogens is 400 g/mol. The first-order valence-electron chi connectivity index (χ1n) is 11.1. The molecule has 0 spiro atoms. The number of benzene rings is 1. The summed E-state index contributed by atoms with van der Waals surface area (Å²) in [6.07, 6.45) is 3.31. The van der Waals surface area contributed by atoms with E-state index in [0.717, 1.165) is 55.7 Å². The fourth-order valence-electron chi connectivity index (χ4n) is 5.49. The third-order valence-corrected chi connectivity index (χ3v) is 7.45. The summed E-state index contributed by atoms with van der Waals surface area (Å²) in [5.41, 5.74) is 5.27. The molecule has 0 amide bonds. The normalized spacial score (nSPS) is 23.8. The Hall–Kier alpha value is -1.30. The summed E-state index contributed by atoms with van der Waals surface area (Å²) in [7, 11) is 0. The number of hydrogen-bond acceptors (Lipinski definition) is 2. The molecule has 4 nitrogen and oxygen atoms in total. The summed E-state index contributed by atoms with van der Waals surface area (Å²) >= 11 is 12.4. The van der Waals surface area contributed by atoms with Crippen molar-refractivity contribution in [1.82, 2.24) is 20.1 Å². The molecule has 1 fully saturated rings. The van der Waals surface area contributed by atoms with Crippen molar-refractivity contribution in [3.05, 3.63) is 34.0 Å². The van der Waals surface area contributed by atoms with Gasteiger partial charge in [0.05, 0.1) is 0 Å². The Bertz CT molecular complexity index is 904. The number of aryl methyl sites for hydroxylation is 1. The Balaban J connectivity index is 1.69. The molecule has 1 aliphatic carbocycles. The van der Waals surface area contributed by atoms with Gasteiger partial charge in [0.2, 0.25) is 0 Å². The zero-order valence-corrected chi connectivity index (χ0v) is 19.6. The van der Waals surface area contributed by atoms with Crippen molar-refractivity contribution < 1.29 is 0 Å². The van der Waals surface area contributed by atoms with E-state index in [1.54, 1.807) is 0 Å². The Labute approximate surface area is 185 Å². The quantitative estimate of drug-likeness (QED) is 0.662. The molecule has 2 N–H and O–H groups in total. The molecule has 4 rings (SSSR count). The number of halogens is 1. The van der Waals surface area contributed by atoms with Crippen molar-refractivity contribution in [2.24, 2.45) is 0 Å². The fraction of sp³-hybridized carbons (Fsp3) is 0.609. The molecule has 1 aliphatic heterocycles. The number of rotatable bonds is 5. The van der Waals surface area contributed by atoms with Crippen molar-refractivity contribution >= 4 is 39.8 Å². The average Bonchev–Trinajstić information content (AvgIpc) is 2.99. The fourth-order valence-corrected chi connectivity index (χ4v) is 6.19. The number of H-pyrrole nitrogens is 1. The molecule has 0 bridgehead atoms. The third-order valence-electron chi connectivity index (χ3n) is 6.75. The van der Waals surface area contributed by atoms with Crippen LogP contribution in [-0.4, -0.2) is 58.2 Å². The minimum Gasteiger partial charge on any atom is -0.359 e. The largest absolute Gasteiger partial charge is 0.359 e. The summed E-state index contributed by atoms with van der Waals surface area (Å²) in [5.74, 6) is 0.508. The molecule has 3 atom stereocenters. The maximum atomic E-state index is 6.64. The van der Waals surface area contributed by atoms with Crippen LogP contribution in [0.5, 0.6) is 0 Å². The molecule has 0 unspecified atom stereocenters. The lowest BCUT2D eigenvalue weighted by Gasteiger charge is -2.48. The van der Waals surface area contributed by atoms with Crippen molar-refractivity contribution in [3.63, 3.8) is 0 Å². The number of nitrogens with one attached hydrogen (secondary N) is 2. The topological polar surface area (TPSA) is 34.3 Å². The van der Waals surface area contributed by atoms with Crippen LogP contribution < -0.4 is 5.32 Å². The van der Waals surface area contributed by atoms with Gasteiger partial charge in [0.1, 0.15) is 5.15 Å². The number of likely N-dealkylation sites (tertiary alicyclic amines) is 1. The van der Waals surface area contributed by atoms with Crippen LogP contribution in [0.2, 0.25) is 5.15 Å². The SMILES string of the molecule is CCCN1C[C@@H](NC(=S)N(CC)CC)C[C@@H]2c3cc(C)cc4[nH]c(Cl)c(c34)C[C@H]21. The van der Waals surface area contributed by atoms with E-state index < -0.39 is 0 Å². The predicted octanol–water partition coefficient (Wildman–Crippen LogP) is 4.84. The van der Waals surface area contributed by atoms with E-state index in [2.05, 4.69) is 59.9 Å². The van der Waals surface area contributed by atoms with Gasteiger partial charge in [-0.05, 0) is 81.6 Å². The number of aromatic nitrogens is 1. The van der Waals surface area contributed by atoms with Gasteiger partial charge in [-0.1, -0.05) is 24.6 Å². The van der Waals surface area contributed by atoms with Gasteiger partial charge in [-0.3, -0.25) is 4.90 Å².